The summed E-state index contributed by atoms with van der Waals surface area (Å²) >= 11 is 1.88. The first kappa shape index (κ1) is 14.5. The molecule has 1 rings (SSSR count). The molecule has 0 unspecified atom stereocenters. The van der Waals surface area contributed by atoms with Gasteiger partial charge < -0.3 is 10.2 Å². The molecule has 0 aromatic carbocycles. The van der Waals surface area contributed by atoms with Gasteiger partial charge in [0, 0.05) is 31.6 Å². The molecule has 17 heavy (non-hydrogen) atoms. The van der Waals surface area contributed by atoms with E-state index in [1.54, 1.807) is 0 Å². The van der Waals surface area contributed by atoms with Crippen molar-refractivity contribution in [3.63, 3.8) is 0 Å². The van der Waals surface area contributed by atoms with Crippen molar-refractivity contribution in [2.45, 2.75) is 20.0 Å². The fourth-order valence-corrected chi connectivity index (χ4v) is 1.91. The topological polar surface area (TPSA) is 46.0 Å². The minimum atomic E-state index is 0.804. The SMILES string of the molecule is CCNCc1cn(CCN(C)CCSC)nn1. The quantitative estimate of drug-likeness (QED) is 0.705. The summed E-state index contributed by atoms with van der Waals surface area (Å²) in [6, 6.07) is 0. The minimum absolute atomic E-state index is 0.804. The summed E-state index contributed by atoms with van der Waals surface area (Å²) in [4.78, 5) is 2.32. The first-order valence-corrected chi connectivity index (χ1v) is 7.42. The van der Waals surface area contributed by atoms with Crippen molar-refractivity contribution >= 4 is 11.8 Å². The molecule has 0 bridgehead atoms. The third-order valence-corrected chi connectivity index (χ3v) is 3.12. The monoisotopic (exact) mass is 257 g/mol. The number of thioether (sulfide) groups is 1. The lowest BCUT2D eigenvalue weighted by molar-refractivity contribution is 0.328. The average molecular weight is 257 g/mol. The van der Waals surface area contributed by atoms with Crippen LogP contribution >= 0.6 is 11.8 Å². The first-order chi connectivity index (χ1) is 8.26. The van der Waals surface area contributed by atoms with Crippen molar-refractivity contribution in [1.82, 2.24) is 25.2 Å². The second kappa shape index (κ2) is 8.49. The number of nitrogens with zero attached hydrogens (tertiary/aromatic N) is 4. The minimum Gasteiger partial charge on any atom is -0.311 e. The van der Waals surface area contributed by atoms with Crippen LogP contribution < -0.4 is 5.32 Å². The summed E-state index contributed by atoms with van der Waals surface area (Å²) in [6.45, 7) is 6.91. The smallest absolute Gasteiger partial charge is 0.0964 e. The number of rotatable bonds is 9. The van der Waals surface area contributed by atoms with Gasteiger partial charge in [-0.15, -0.1) is 5.10 Å². The fraction of sp³-hybridized carbons (Fsp3) is 0.818. The molecule has 0 saturated heterocycles. The van der Waals surface area contributed by atoms with E-state index in [-0.39, 0.29) is 0 Å². The zero-order valence-electron chi connectivity index (χ0n) is 11.0. The Morgan fingerprint density at radius 2 is 2.29 bits per heavy atom. The number of hydrogen-bond donors (Lipinski definition) is 1. The van der Waals surface area contributed by atoms with Crippen LogP contribution in [0.2, 0.25) is 0 Å². The Kier molecular flexibility index (Phi) is 7.23. The molecule has 6 heteroatoms. The van der Waals surface area contributed by atoms with Crippen molar-refractivity contribution in [3.05, 3.63) is 11.9 Å². The second-order valence-corrected chi connectivity index (χ2v) is 5.03. The molecule has 0 aliphatic carbocycles. The van der Waals surface area contributed by atoms with E-state index in [1.165, 1.54) is 5.75 Å². The molecule has 0 radical (unpaired) electrons. The maximum Gasteiger partial charge on any atom is 0.0964 e. The van der Waals surface area contributed by atoms with Crippen LogP contribution in [0.5, 0.6) is 0 Å². The lowest BCUT2D eigenvalue weighted by atomic mass is 10.4. The van der Waals surface area contributed by atoms with Gasteiger partial charge in [-0.05, 0) is 19.8 Å². The summed E-state index contributed by atoms with van der Waals surface area (Å²) in [5.74, 6) is 1.18. The van der Waals surface area contributed by atoms with E-state index >= 15 is 0 Å². The van der Waals surface area contributed by atoms with Gasteiger partial charge in [0.25, 0.3) is 0 Å². The maximum atomic E-state index is 4.12. The second-order valence-electron chi connectivity index (χ2n) is 4.05. The molecule has 0 aliphatic heterocycles. The molecule has 1 aromatic heterocycles. The van der Waals surface area contributed by atoms with Crippen LogP contribution in [0.1, 0.15) is 12.6 Å². The van der Waals surface area contributed by atoms with Gasteiger partial charge in [0.1, 0.15) is 0 Å². The zero-order valence-corrected chi connectivity index (χ0v) is 11.8. The summed E-state index contributed by atoms with van der Waals surface area (Å²) in [5.41, 5.74) is 1.01. The van der Waals surface area contributed by atoms with Crippen molar-refractivity contribution < 1.29 is 0 Å². The van der Waals surface area contributed by atoms with Gasteiger partial charge in [0.05, 0.1) is 12.2 Å². The molecule has 1 N–H and O–H groups in total. The van der Waals surface area contributed by atoms with E-state index in [0.29, 0.717) is 0 Å². The molecule has 0 atom stereocenters. The highest BCUT2D eigenvalue weighted by atomic mass is 32.2. The predicted molar refractivity (Wildman–Crippen MR) is 73.3 cm³/mol. The van der Waals surface area contributed by atoms with E-state index in [0.717, 1.165) is 38.4 Å². The van der Waals surface area contributed by atoms with Gasteiger partial charge >= 0.3 is 0 Å². The Hall–Kier alpha value is -0.590. The van der Waals surface area contributed by atoms with Gasteiger partial charge in [-0.3, -0.25) is 4.68 Å². The first-order valence-electron chi connectivity index (χ1n) is 6.03. The Labute approximate surface area is 108 Å². The highest BCUT2D eigenvalue weighted by molar-refractivity contribution is 7.98. The highest BCUT2D eigenvalue weighted by Crippen LogP contribution is 1.96. The van der Waals surface area contributed by atoms with Crippen LogP contribution in [0.4, 0.5) is 0 Å². The Morgan fingerprint density at radius 3 is 3.00 bits per heavy atom. The van der Waals surface area contributed by atoms with Crippen LogP contribution in [-0.2, 0) is 13.1 Å². The Morgan fingerprint density at radius 1 is 1.47 bits per heavy atom. The third kappa shape index (κ3) is 6.05. The third-order valence-electron chi connectivity index (χ3n) is 2.53. The lowest BCUT2D eigenvalue weighted by Gasteiger charge is -2.15. The standard InChI is InChI=1S/C11H23N5S/c1-4-12-9-11-10-16(14-13-11)6-5-15(2)7-8-17-3/h10,12H,4-9H2,1-3H3. The molecular formula is C11H23N5S. The van der Waals surface area contributed by atoms with E-state index in [4.69, 9.17) is 0 Å². The fourth-order valence-electron chi connectivity index (χ4n) is 1.41. The number of aromatic nitrogens is 3. The number of hydrogen-bond acceptors (Lipinski definition) is 5. The molecule has 0 amide bonds. The van der Waals surface area contributed by atoms with Crippen molar-refractivity contribution in [2.75, 3.05) is 38.7 Å². The van der Waals surface area contributed by atoms with Gasteiger partial charge in [-0.2, -0.15) is 11.8 Å². The lowest BCUT2D eigenvalue weighted by Crippen LogP contribution is -2.25. The summed E-state index contributed by atoms with van der Waals surface area (Å²) in [7, 11) is 2.15. The Bertz CT molecular complexity index is 302. The van der Waals surface area contributed by atoms with Crippen molar-refractivity contribution in [2.24, 2.45) is 0 Å². The van der Waals surface area contributed by atoms with Crippen LogP contribution in [0.25, 0.3) is 0 Å². The van der Waals surface area contributed by atoms with Gasteiger partial charge in [-0.25, -0.2) is 0 Å². The molecule has 0 spiro atoms. The number of nitrogens with one attached hydrogen (secondary N) is 1. The van der Waals surface area contributed by atoms with E-state index < -0.39 is 0 Å². The molecule has 0 saturated carbocycles. The molecule has 1 aromatic rings. The molecular weight excluding hydrogens is 234 g/mol. The zero-order chi connectivity index (χ0) is 12.5. The molecule has 0 fully saturated rings. The van der Waals surface area contributed by atoms with Crippen molar-refractivity contribution in [1.29, 1.82) is 0 Å². The molecule has 98 valence electrons. The van der Waals surface area contributed by atoms with E-state index in [2.05, 4.69) is 40.8 Å². The highest BCUT2D eigenvalue weighted by Gasteiger charge is 2.02. The normalized spacial score (nSPS) is 11.3. The summed E-state index contributed by atoms with van der Waals surface area (Å²) in [6.07, 6.45) is 4.16. The molecule has 1 heterocycles. The van der Waals surface area contributed by atoms with Crippen LogP contribution in [-0.4, -0.2) is 58.6 Å². The van der Waals surface area contributed by atoms with Crippen LogP contribution in [0.15, 0.2) is 6.20 Å². The van der Waals surface area contributed by atoms with Crippen LogP contribution in [0.3, 0.4) is 0 Å². The summed E-state index contributed by atoms with van der Waals surface area (Å²) < 4.78 is 1.92. The van der Waals surface area contributed by atoms with E-state index in [9.17, 15) is 0 Å². The maximum absolute atomic E-state index is 4.12. The Balaban J connectivity index is 2.24. The largest absolute Gasteiger partial charge is 0.311 e. The number of likely N-dealkylation sites (N-methyl/N-ethyl adjacent to an activating group) is 1. The summed E-state index contributed by atoms with van der Waals surface area (Å²) in [5, 5.41) is 11.5. The van der Waals surface area contributed by atoms with Gasteiger partial charge in [0.2, 0.25) is 0 Å². The van der Waals surface area contributed by atoms with Crippen molar-refractivity contribution in [3.8, 4) is 0 Å². The van der Waals surface area contributed by atoms with E-state index in [1.807, 2.05) is 22.6 Å². The molecule has 5 nitrogen and oxygen atoms in total. The van der Waals surface area contributed by atoms with Gasteiger partial charge in [0.15, 0.2) is 0 Å². The predicted octanol–water partition coefficient (Wildman–Crippen LogP) is 0.682. The average Bonchev–Trinajstić information content (AvgIpc) is 2.79. The molecule has 0 aliphatic rings. The van der Waals surface area contributed by atoms with Gasteiger partial charge in [-0.1, -0.05) is 12.1 Å². The van der Waals surface area contributed by atoms with Crippen LogP contribution in [0, 0.1) is 0 Å².